The van der Waals surface area contributed by atoms with Crippen molar-refractivity contribution in [3.05, 3.63) is 35.4 Å². The van der Waals surface area contributed by atoms with Gasteiger partial charge in [-0.05, 0) is 50.3 Å². The van der Waals surface area contributed by atoms with Gasteiger partial charge in [0, 0.05) is 0 Å². The van der Waals surface area contributed by atoms with Crippen molar-refractivity contribution in [2.45, 2.75) is 71.1 Å². The van der Waals surface area contributed by atoms with Crippen LogP contribution in [-0.2, 0) is 11.2 Å². The van der Waals surface area contributed by atoms with Gasteiger partial charge in [-0.15, -0.1) is 0 Å². The molecular weight excluding hydrogens is 246 g/mol. The second kappa shape index (κ2) is 7.80. The van der Waals surface area contributed by atoms with E-state index in [0.29, 0.717) is 18.2 Å². The Hall–Kier alpha value is -0.860. The Morgan fingerprint density at radius 3 is 2.75 bits per heavy atom. The number of hydrogen-bond donors (Lipinski definition) is 1. The van der Waals surface area contributed by atoms with Crippen molar-refractivity contribution in [3.8, 4) is 0 Å². The fourth-order valence-electron chi connectivity index (χ4n) is 3.07. The first kappa shape index (κ1) is 15.5. The van der Waals surface area contributed by atoms with Gasteiger partial charge in [-0.1, -0.05) is 44.5 Å². The highest BCUT2D eigenvalue weighted by Gasteiger charge is 2.30. The highest BCUT2D eigenvalue weighted by molar-refractivity contribution is 5.27. The highest BCUT2D eigenvalue weighted by Crippen LogP contribution is 2.30. The quantitative estimate of drug-likeness (QED) is 0.803. The van der Waals surface area contributed by atoms with E-state index in [1.165, 1.54) is 30.4 Å². The van der Waals surface area contributed by atoms with E-state index in [4.69, 9.17) is 4.74 Å². The predicted molar refractivity (Wildman–Crippen MR) is 85.0 cm³/mol. The zero-order chi connectivity index (χ0) is 14.4. The molecule has 3 atom stereocenters. The summed E-state index contributed by atoms with van der Waals surface area (Å²) < 4.78 is 6.11. The topological polar surface area (TPSA) is 21.3 Å². The predicted octanol–water partition coefficient (Wildman–Crippen LogP) is 4.25. The first-order valence-corrected chi connectivity index (χ1v) is 8.22. The number of hydrogen-bond acceptors (Lipinski definition) is 2. The van der Waals surface area contributed by atoms with Gasteiger partial charge in [0.25, 0.3) is 0 Å². The van der Waals surface area contributed by atoms with Crippen LogP contribution >= 0.6 is 0 Å². The summed E-state index contributed by atoms with van der Waals surface area (Å²) in [5, 5.41) is 3.69. The molecule has 0 aliphatic carbocycles. The Bertz CT molecular complexity index is 404. The number of rotatable bonds is 7. The monoisotopic (exact) mass is 275 g/mol. The highest BCUT2D eigenvalue weighted by atomic mass is 16.5. The summed E-state index contributed by atoms with van der Waals surface area (Å²) in [5.41, 5.74) is 2.84. The van der Waals surface area contributed by atoms with Crippen LogP contribution in [0.25, 0.3) is 0 Å². The summed E-state index contributed by atoms with van der Waals surface area (Å²) in [5.74, 6) is 0. The average Bonchev–Trinajstić information content (AvgIpc) is 2.87. The lowest BCUT2D eigenvalue weighted by Gasteiger charge is -2.26. The fourth-order valence-corrected chi connectivity index (χ4v) is 3.07. The minimum Gasteiger partial charge on any atom is -0.373 e. The van der Waals surface area contributed by atoms with Crippen molar-refractivity contribution in [2.75, 3.05) is 6.54 Å². The lowest BCUT2D eigenvalue weighted by atomic mass is 9.96. The zero-order valence-electron chi connectivity index (χ0n) is 13.2. The van der Waals surface area contributed by atoms with Gasteiger partial charge >= 0.3 is 0 Å². The van der Waals surface area contributed by atoms with Crippen molar-refractivity contribution in [2.24, 2.45) is 0 Å². The van der Waals surface area contributed by atoms with Crippen LogP contribution in [0, 0.1) is 0 Å². The van der Waals surface area contributed by atoms with Crippen LogP contribution in [0.2, 0.25) is 0 Å². The molecule has 112 valence electrons. The summed E-state index contributed by atoms with van der Waals surface area (Å²) in [6.45, 7) is 7.69. The minimum atomic E-state index is 0.327. The molecule has 1 heterocycles. The van der Waals surface area contributed by atoms with Gasteiger partial charge in [0.2, 0.25) is 0 Å². The largest absolute Gasteiger partial charge is 0.373 e. The molecular formula is C18H29NO. The third-order valence-corrected chi connectivity index (χ3v) is 4.10. The Labute approximate surface area is 123 Å². The van der Waals surface area contributed by atoms with E-state index in [2.05, 4.69) is 50.4 Å². The van der Waals surface area contributed by atoms with E-state index in [9.17, 15) is 0 Å². The molecule has 0 radical (unpaired) electrons. The maximum Gasteiger partial charge on any atom is 0.0774 e. The molecule has 1 aliphatic heterocycles. The minimum absolute atomic E-state index is 0.327. The first-order valence-electron chi connectivity index (χ1n) is 8.22. The summed E-state index contributed by atoms with van der Waals surface area (Å²) in [6, 6.07) is 9.39. The molecule has 0 amide bonds. The van der Waals surface area contributed by atoms with E-state index in [0.717, 1.165) is 19.4 Å². The molecule has 0 spiro atoms. The molecule has 0 saturated carbocycles. The van der Waals surface area contributed by atoms with Gasteiger partial charge in [0.15, 0.2) is 0 Å². The van der Waals surface area contributed by atoms with Crippen LogP contribution in [0.15, 0.2) is 24.3 Å². The maximum absolute atomic E-state index is 6.11. The summed E-state index contributed by atoms with van der Waals surface area (Å²) >= 11 is 0. The maximum atomic E-state index is 6.11. The second-order valence-corrected chi connectivity index (χ2v) is 5.99. The van der Waals surface area contributed by atoms with E-state index >= 15 is 0 Å². The molecule has 1 N–H and O–H groups in total. The van der Waals surface area contributed by atoms with Crippen molar-refractivity contribution in [1.29, 1.82) is 0 Å². The molecule has 2 heteroatoms. The van der Waals surface area contributed by atoms with E-state index in [-0.39, 0.29) is 0 Å². The van der Waals surface area contributed by atoms with Crippen molar-refractivity contribution >= 4 is 0 Å². The number of benzene rings is 1. The molecule has 1 aromatic rings. The first-order chi connectivity index (χ1) is 9.74. The third-order valence-electron chi connectivity index (χ3n) is 4.10. The SMILES string of the molecule is CCCNC(c1cccc(CCC)c1)C1CCC(C)O1. The molecule has 0 aromatic heterocycles. The molecule has 2 nitrogen and oxygen atoms in total. The number of aryl methyl sites for hydroxylation is 1. The van der Waals surface area contributed by atoms with E-state index < -0.39 is 0 Å². The normalized spacial score (nSPS) is 23.9. The van der Waals surface area contributed by atoms with Gasteiger partial charge in [-0.25, -0.2) is 0 Å². The summed E-state index contributed by atoms with van der Waals surface area (Å²) in [4.78, 5) is 0. The third kappa shape index (κ3) is 4.07. The van der Waals surface area contributed by atoms with Gasteiger partial charge in [0.1, 0.15) is 0 Å². The molecule has 20 heavy (non-hydrogen) atoms. The number of ether oxygens (including phenoxy) is 1. The lowest BCUT2D eigenvalue weighted by Crippen LogP contribution is -2.32. The smallest absolute Gasteiger partial charge is 0.0774 e. The van der Waals surface area contributed by atoms with Crippen LogP contribution in [0.5, 0.6) is 0 Å². The van der Waals surface area contributed by atoms with Crippen LogP contribution in [0.1, 0.15) is 63.6 Å². The summed E-state index contributed by atoms with van der Waals surface area (Å²) in [7, 11) is 0. The molecule has 1 fully saturated rings. The lowest BCUT2D eigenvalue weighted by molar-refractivity contribution is 0.0316. The van der Waals surface area contributed by atoms with Crippen molar-refractivity contribution < 1.29 is 4.74 Å². The van der Waals surface area contributed by atoms with E-state index in [1.807, 2.05) is 0 Å². The summed E-state index contributed by atoms with van der Waals surface area (Å²) in [6.07, 6.45) is 6.61. The molecule has 1 aliphatic rings. The Morgan fingerprint density at radius 2 is 2.10 bits per heavy atom. The molecule has 1 saturated heterocycles. The van der Waals surface area contributed by atoms with E-state index in [1.54, 1.807) is 0 Å². The zero-order valence-corrected chi connectivity index (χ0v) is 13.2. The Morgan fingerprint density at radius 1 is 1.25 bits per heavy atom. The van der Waals surface area contributed by atoms with Gasteiger partial charge in [-0.2, -0.15) is 0 Å². The number of nitrogens with one attached hydrogen (secondary N) is 1. The molecule has 1 aromatic carbocycles. The van der Waals surface area contributed by atoms with Crippen LogP contribution in [0.4, 0.5) is 0 Å². The van der Waals surface area contributed by atoms with Gasteiger partial charge < -0.3 is 10.1 Å². The Kier molecular flexibility index (Phi) is 6.06. The second-order valence-electron chi connectivity index (χ2n) is 5.99. The van der Waals surface area contributed by atoms with Gasteiger partial charge in [-0.3, -0.25) is 0 Å². The van der Waals surface area contributed by atoms with Crippen LogP contribution in [-0.4, -0.2) is 18.8 Å². The van der Waals surface area contributed by atoms with Crippen molar-refractivity contribution in [3.63, 3.8) is 0 Å². The molecule has 0 bridgehead atoms. The standard InChI is InChI=1S/C18H29NO/c1-4-7-15-8-6-9-16(13-15)18(19-12-5-2)17-11-10-14(3)20-17/h6,8-9,13-14,17-19H,4-5,7,10-12H2,1-3H3. The fraction of sp³-hybridized carbons (Fsp3) is 0.667. The Balaban J connectivity index is 2.14. The average molecular weight is 275 g/mol. The van der Waals surface area contributed by atoms with Crippen molar-refractivity contribution in [1.82, 2.24) is 5.32 Å². The van der Waals surface area contributed by atoms with Crippen LogP contribution in [0.3, 0.4) is 0 Å². The molecule has 2 rings (SSSR count). The van der Waals surface area contributed by atoms with Crippen LogP contribution < -0.4 is 5.32 Å². The molecule has 3 unspecified atom stereocenters. The van der Waals surface area contributed by atoms with Gasteiger partial charge in [0.05, 0.1) is 18.2 Å².